The second kappa shape index (κ2) is 5.90. The van der Waals surface area contributed by atoms with Crippen LogP contribution in [-0.2, 0) is 6.61 Å². The van der Waals surface area contributed by atoms with E-state index in [0.717, 1.165) is 5.56 Å². The molecule has 20 heavy (non-hydrogen) atoms. The number of nitrogens with zero attached hydrogens (tertiary/aromatic N) is 1. The molecule has 0 saturated heterocycles. The molecule has 6 heteroatoms. The molecule has 0 saturated carbocycles. The van der Waals surface area contributed by atoms with Crippen LogP contribution in [0.4, 0.5) is 5.69 Å². The molecule has 5 nitrogen and oxygen atoms in total. The van der Waals surface area contributed by atoms with E-state index in [0.29, 0.717) is 22.1 Å². The number of hydrogen-bond donors (Lipinski definition) is 1. The Morgan fingerprint density at radius 3 is 2.65 bits per heavy atom. The Labute approximate surface area is 120 Å². The van der Waals surface area contributed by atoms with Crippen LogP contribution < -0.4 is 4.74 Å². The van der Waals surface area contributed by atoms with E-state index >= 15 is 0 Å². The molecule has 0 amide bonds. The van der Waals surface area contributed by atoms with Crippen LogP contribution in [0.2, 0.25) is 5.02 Å². The number of ether oxygens (including phenoxy) is 1. The fourth-order valence-electron chi connectivity index (χ4n) is 1.68. The van der Waals surface area contributed by atoms with Gasteiger partial charge in [-0.2, -0.15) is 0 Å². The van der Waals surface area contributed by atoms with Gasteiger partial charge in [-0.1, -0.05) is 17.7 Å². The van der Waals surface area contributed by atoms with Crippen LogP contribution in [0.3, 0.4) is 0 Å². The molecule has 0 aliphatic rings. The maximum Gasteiger partial charge on any atom is 0.273 e. The second-order valence-corrected chi connectivity index (χ2v) is 4.66. The number of benzene rings is 2. The Balaban J connectivity index is 2.41. The van der Waals surface area contributed by atoms with E-state index in [2.05, 4.69) is 0 Å². The van der Waals surface area contributed by atoms with Gasteiger partial charge in [0.1, 0.15) is 11.5 Å². The van der Waals surface area contributed by atoms with Gasteiger partial charge in [0.15, 0.2) is 0 Å². The number of rotatable bonds is 4. The average Bonchev–Trinajstić information content (AvgIpc) is 2.41. The van der Waals surface area contributed by atoms with Gasteiger partial charge in [-0.05, 0) is 30.7 Å². The lowest BCUT2D eigenvalue weighted by molar-refractivity contribution is -0.384. The molecule has 2 rings (SSSR count). The summed E-state index contributed by atoms with van der Waals surface area (Å²) in [7, 11) is 0. The molecule has 0 aliphatic heterocycles. The summed E-state index contributed by atoms with van der Waals surface area (Å²) in [5.74, 6) is 0.736. The monoisotopic (exact) mass is 293 g/mol. The lowest BCUT2D eigenvalue weighted by atomic mass is 10.2. The highest BCUT2D eigenvalue weighted by atomic mass is 35.5. The zero-order valence-electron chi connectivity index (χ0n) is 10.7. The number of nitro groups is 1. The molecule has 0 bridgehead atoms. The quantitative estimate of drug-likeness (QED) is 0.686. The minimum absolute atomic E-state index is 0.0572. The fraction of sp³-hybridized carbons (Fsp3) is 0.143. The third-order valence-corrected chi connectivity index (χ3v) is 3.04. The van der Waals surface area contributed by atoms with E-state index in [1.165, 1.54) is 12.1 Å². The van der Waals surface area contributed by atoms with E-state index < -0.39 is 4.92 Å². The minimum atomic E-state index is -0.489. The van der Waals surface area contributed by atoms with Gasteiger partial charge in [-0.15, -0.1) is 0 Å². The Bertz CT molecular complexity index is 658. The van der Waals surface area contributed by atoms with Crippen molar-refractivity contribution in [2.24, 2.45) is 0 Å². The van der Waals surface area contributed by atoms with Crippen molar-refractivity contribution in [2.45, 2.75) is 13.5 Å². The van der Waals surface area contributed by atoms with Crippen molar-refractivity contribution in [3.63, 3.8) is 0 Å². The molecule has 1 N–H and O–H groups in total. The molecule has 0 aliphatic carbocycles. The van der Waals surface area contributed by atoms with Gasteiger partial charge in [0.2, 0.25) is 0 Å². The summed E-state index contributed by atoms with van der Waals surface area (Å²) in [5.41, 5.74) is 1.25. The van der Waals surface area contributed by atoms with E-state index in [9.17, 15) is 15.2 Å². The van der Waals surface area contributed by atoms with Crippen LogP contribution in [0.15, 0.2) is 36.4 Å². The highest BCUT2D eigenvalue weighted by Crippen LogP contribution is 2.32. The van der Waals surface area contributed by atoms with E-state index in [-0.39, 0.29) is 12.3 Å². The maximum atomic E-state index is 10.8. The number of aliphatic hydroxyl groups excluding tert-OH is 1. The fourth-order valence-corrected chi connectivity index (χ4v) is 1.85. The zero-order valence-corrected chi connectivity index (χ0v) is 11.4. The predicted molar refractivity (Wildman–Crippen MR) is 75.3 cm³/mol. The summed E-state index contributed by atoms with van der Waals surface area (Å²) in [6.07, 6.45) is 0. The smallest absolute Gasteiger partial charge is 0.273 e. The van der Waals surface area contributed by atoms with Crippen molar-refractivity contribution in [3.05, 3.63) is 62.7 Å². The largest absolute Gasteiger partial charge is 0.456 e. The van der Waals surface area contributed by atoms with E-state index in [1.54, 1.807) is 31.2 Å². The zero-order chi connectivity index (χ0) is 14.7. The molecular formula is C14H12ClNO4. The lowest BCUT2D eigenvalue weighted by Crippen LogP contribution is -1.95. The van der Waals surface area contributed by atoms with Crippen molar-refractivity contribution >= 4 is 17.3 Å². The number of aliphatic hydroxyl groups is 1. The number of non-ortho nitro benzene ring substituents is 1. The average molecular weight is 294 g/mol. The first-order chi connectivity index (χ1) is 9.51. The molecule has 0 radical (unpaired) electrons. The Morgan fingerprint density at radius 2 is 2.00 bits per heavy atom. The summed E-state index contributed by atoms with van der Waals surface area (Å²) >= 11 is 5.89. The lowest BCUT2D eigenvalue weighted by Gasteiger charge is -2.12. The minimum Gasteiger partial charge on any atom is -0.456 e. The van der Waals surface area contributed by atoms with Gasteiger partial charge in [-0.25, -0.2) is 0 Å². The van der Waals surface area contributed by atoms with Crippen LogP contribution >= 0.6 is 11.6 Å². The number of hydrogen-bond acceptors (Lipinski definition) is 4. The molecule has 104 valence electrons. The van der Waals surface area contributed by atoms with Gasteiger partial charge in [0, 0.05) is 16.7 Å². The SMILES string of the molecule is Cc1ccc([N+](=O)[O-])cc1Oc1cc(Cl)ccc1CO. The molecule has 0 aromatic heterocycles. The Kier molecular flexibility index (Phi) is 4.22. The van der Waals surface area contributed by atoms with Crippen LogP contribution in [0, 0.1) is 17.0 Å². The van der Waals surface area contributed by atoms with Gasteiger partial charge in [0.05, 0.1) is 17.6 Å². The number of halogens is 1. The molecule has 0 unspecified atom stereocenters. The summed E-state index contributed by atoms with van der Waals surface area (Å²) in [5, 5.41) is 20.5. The van der Waals surface area contributed by atoms with Gasteiger partial charge < -0.3 is 9.84 Å². The molecule has 0 spiro atoms. The number of aryl methyl sites for hydroxylation is 1. The van der Waals surface area contributed by atoms with Crippen LogP contribution in [0.1, 0.15) is 11.1 Å². The summed E-state index contributed by atoms with van der Waals surface area (Å²) in [4.78, 5) is 10.3. The van der Waals surface area contributed by atoms with Crippen molar-refractivity contribution < 1.29 is 14.8 Å². The summed E-state index contributed by atoms with van der Waals surface area (Å²) in [6.45, 7) is 1.57. The van der Waals surface area contributed by atoms with Crippen molar-refractivity contribution in [2.75, 3.05) is 0 Å². The first-order valence-corrected chi connectivity index (χ1v) is 6.21. The second-order valence-electron chi connectivity index (χ2n) is 4.22. The van der Waals surface area contributed by atoms with Crippen LogP contribution in [-0.4, -0.2) is 10.0 Å². The third-order valence-electron chi connectivity index (χ3n) is 2.80. The Morgan fingerprint density at radius 1 is 1.25 bits per heavy atom. The van der Waals surface area contributed by atoms with Crippen molar-refractivity contribution in [1.29, 1.82) is 0 Å². The summed E-state index contributed by atoms with van der Waals surface area (Å²) < 4.78 is 5.65. The molecule has 0 fully saturated rings. The molecule has 0 atom stereocenters. The number of nitro benzene ring substituents is 1. The topological polar surface area (TPSA) is 72.6 Å². The van der Waals surface area contributed by atoms with E-state index in [1.807, 2.05) is 0 Å². The van der Waals surface area contributed by atoms with E-state index in [4.69, 9.17) is 16.3 Å². The molecule has 2 aromatic carbocycles. The first kappa shape index (κ1) is 14.3. The first-order valence-electron chi connectivity index (χ1n) is 5.83. The molecule has 2 aromatic rings. The third kappa shape index (κ3) is 3.07. The summed E-state index contributed by atoms with van der Waals surface area (Å²) in [6, 6.07) is 9.21. The van der Waals surface area contributed by atoms with Gasteiger partial charge in [-0.3, -0.25) is 10.1 Å². The molecular weight excluding hydrogens is 282 g/mol. The maximum absolute atomic E-state index is 10.8. The van der Waals surface area contributed by atoms with Crippen LogP contribution in [0.5, 0.6) is 11.5 Å². The van der Waals surface area contributed by atoms with Crippen molar-refractivity contribution in [1.82, 2.24) is 0 Å². The normalized spacial score (nSPS) is 10.3. The van der Waals surface area contributed by atoms with Gasteiger partial charge >= 0.3 is 0 Å². The molecule has 0 heterocycles. The highest BCUT2D eigenvalue weighted by molar-refractivity contribution is 6.30. The Hall–Kier alpha value is -2.11. The standard InChI is InChI=1S/C14H12ClNO4/c1-9-2-5-12(16(18)19)7-13(9)20-14-6-11(15)4-3-10(14)8-17/h2-7,17H,8H2,1H3. The van der Waals surface area contributed by atoms with Gasteiger partial charge in [0.25, 0.3) is 5.69 Å². The predicted octanol–water partition coefficient (Wildman–Crippen LogP) is 3.84. The van der Waals surface area contributed by atoms with Crippen molar-refractivity contribution in [3.8, 4) is 11.5 Å². The highest BCUT2D eigenvalue weighted by Gasteiger charge is 2.12. The van der Waals surface area contributed by atoms with Crippen LogP contribution in [0.25, 0.3) is 0 Å².